The summed E-state index contributed by atoms with van der Waals surface area (Å²) >= 11 is 1.02. The summed E-state index contributed by atoms with van der Waals surface area (Å²) in [5.74, 6) is 0.448. The molecule has 1 aliphatic carbocycles. The van der Waals surface area contributed by atoms with Gasteiger partial charge in [0.2, 0.25) is 27.7 Å². The summed E-state index contributed by atoms with van der Waals surface area (Å²) in [6.45, 7) is 1.69. The Morgan fingerprint density at radius 2 is 1.94 bits per heavy atom. The third-order valence-corrected chi connectivity index (χ3v) is 7.74. The Hall–Kier alpha value is -2.31. The molecule has 1 fully saturated rings. The van der Waals surface area contributed by atoms with Gasteiger partial charge in [-0.1, -0.05) is 30.8 Å². The van der Waals surface area contributed by atoms with Gasteiger partial charge < -0.3 is 15.2 Å². The van der Waals surface area contributed by atoms with Gasteiger partial charge in [0.15, 0.2) is 5.82 Å². The lowest BCUT2D eigenvalue weighted by Gasteiger charge is -2.30. The maximum absolute atomic E-state index is 12.2. The number of nitrogens with zero attached hydrogens (tertiary/aromatic N) is 2. The van der Waals surface area contributed by atoms with Crippen molar-refractivity contribution in [3.63, 3.8) is 0 Å². The van der Waals surface area contributed by atoms with Crippen LogP contribution in [0.3, 0.4) is 0 Å². The first kappa shape index (κ1) is 23.4. The first-order valence-corrected chi connectivity index (χ1v) is 12.5. The van der Waals surface area contributed by atoms with Gasteiger partial charge >= 0.3 is 0 Å². The van der Waals surface area contributed by atoms with E-state index < -0.39 is 15.6 Å². The molecule has 0 spiro atoms. The van der Waals surface area contributed by atoms with Crippen LogP contribution in [-0.4, -0.2) is 30.4 Å². The minimum atomic E-state index is -3.74. The Morgan fingerprint density at radius 3 is 2.55 bits per heavy atom. The van der Waals surface area contributed by atoms with Gasteiger partial charge in [-0.15, -0.1) is 11.3 Å². The SMILES string of the molecule is CC(=O)NC1(c2noc(CCC(=O)NCc3ccc(S(N)(=O)=O)s3)n2)CCCCCC1. The van der Waals surface area contributed by atoms with Gasteiger partial charge in [-0.05, 0) is 25.0 Å². The van der Waals surface area contributed by atoms with Crippen molar-refractivity contribution in [3.05, 3.63) is 28.7 Å². The number of hydrogen-bond acceptors (Lipinski definition) is 8. The molecule has 12 heteroatoms. The van der Waals surface area contributed by atoms with Crippen LogP contribution in [-0.2, 0) is 38.1 Å². The lowest BCUT2D eigenvalue weighted by molar-refractivity contribution is -0.122. The molecule has 4 N–H and O–H groups in total. The number of carbonyl (C=O) groups excluding carboxylic acids is 2. The van der Waals surface area contributed by atoms with Crippen molar-refractivity contribution in [2.75, 3.05) is 0 Å². The largest absolute Gasteiger partial charge is 0.351 e. The molecule has 2 aromatic rings. The standard InChI is InChI=1S/C19H27N5O5S2/c1-13(25)23-19(10-4-2-3-5-11-19)18-22-16(29-24-18)8-7-15(26)21-12-14-6-9-17(30-14)31(20,27)28/h6,9H,2-5,7-8,10-12H2,1H3,(H,21,26)(H,23,25)(H2,20,27,28). The quantitative estimate of drug-likeness (QED) is 0.497. The summed E-state index contributed by atoms with van der Waals surface area (Å²) in [6, 6.07) is 3.03. The topological polar surface area (TPSA) is 157 Å². The normalized spacial score (nSPS) is 16.5. The second kappa shape index (κ2) is 9.88. The molecule has 170 valence electrons. The highest BCUT2D eigenvalue weighted by atomic mass is 32.2. The second-order valence-corrected chi connectivity index (χ2v) is 10.7. The number of primary sulfonamides is 1. The monoisotopic (exact) mass is 469 g/mol. The van der Waals surface area contributed by atoms with Crippen molar-refractivity contribution in [2.45, 2.75) is 74.6 Å². The molecule has 2 amide bonds. The fourth-order valence-corrected chi connectivity index (χ4v) is 5.44. The zero-order valence-electron chi connectivity index (χ0n) is 17.3. The van der Waals surface area contributed by atoms with E-state index in [9.17, 15) is 18.0 Å². The number of nitrogens with two attached hydrogens (primary N) is 1. The molecule has 0 aromatic carbocycles. The lowest BCUT2D eigenvalue weighted by Crippen LogP contribution is -2.45. The fourth-order valence-electron chi connectivity index (χ4n) is 3.73. The molecule has 1 saturated carbocycles. The average molecular weight is 470 g/mol. The second-order valence-electron chi connectivity index (χ2n) is 7.73. The highest BCUT2D eigenvalue weighted by molar-refractivity contribution is 7.91. The molecule has 0 saturated heterocycles. The van der Waals surface area contributed by atoms with Gasteiger partial charge in [0.25, 0.3) is 0 Å². The van der Waals surface area contributed by atoms with E-state index in [0.29, 0.717) is 16.6 Å². The summed E-state index contributed by atoms with van der Waals surface area (Å²) in [7, 11) is -3.74. The summed E-state index contributed by atoms with van der Waals surface area (Å²) in [5.41, 5.74) is -0.619. The highest BCUT2D eigenvalue weighted by Gasteiger charge is 2.38. The Kier molecular flexibility index (Phi) is 7.44. The molecule has 0 radical (unpaired) electrons. The lowest BCUT2D eigenvalue weighted by atomic mass is 9.89. The predicted octanol–water partition coefficient (Wildman–Crippen LogP) is 1.71. The van der Waals surface area contributed by atoms with Crippen molar-refractivity contribution in [2.24, 2.45) is 5.14 Å². The van der Waals surface area contributed by atoms with E-state index in [-0.39, 0.29) is 35.4 Å². The van der Waals surface area contributed by atoms with Crippen LogP contribution in [0.5, 0.6) is 0 Å². The van der Waals surface area contributed by atoms with Crippen LogP contribution in [0, 0.1) is 0 Å². The zero-order valence-corrected chi connectivity index (χ0v) is 19.0. The molecule has 2 heterocycles. The van der Waals surface area contributed by atoms with Crippen molar-refractivity contribution < 1.29 is 22.5 Å². The Morgan fingerprint density at radius 1 is 1.23 bits per heavy atom. The van der Waals surface area contributed by atoms with Crippen molar-refractivity contribution >= 4 is 33.2 Å². The Bertz CT molecular complexity index is 1020. The third kappa shape index (κ3) is 6.34. The van der Waals surface area contributed by atoms with E-state index in [1.165, 1.54) is 13.0 Å². The van der Waals surface area contributed by atoms with Gasteiger partial charge in [0, 0.05) is 24.6 Å². The number of hydrogen-bond donors (Lipinski definition) is 3. The molecule has 0 unspecified atom stereocenters. The number of amides is 2. The minimum absolute atomic E-state index is 0.0572. The van der Waals surface area contributed by atoms with Crippen LogP contribution in [0.25, 0.3) is 0 Å². The molecular weight excluding hydrogens is 442 g/mol. The molecule has 0 aliphatic heterocycles. The van der Waals surface area contributed by atoms with E-state index in [0.717, 1.165) is 49.9 Å². The van der Waals surface area contributed by atoms with Crippen LogP contribution in [0.4, 0.5) is 0 Å². The van der Waals surface area contributed by atoms with Crippen LogP contribution in [0.1, 0.15) is 68.5 Å². The van der Waals surface area contributed by atoms with Gasteiger partial charge in [0.1, 0.15) is 9.75 Å². The van der Waals surface area contributed by atoms with Crippen molar-refractivity contribution in [1.29, 1.82) is 0 Å². The first-order chi connectivity index (χ1) is 14.7. The average Bonchev–Trinajstić information content (AvgIpc) is 3.31. The summed E-state index contributed by atoms with van der Waals surface area (Å²) < 4.78 is 28.0. The number of sulfonamides is 1. The molecule has 10 nitrogen and oxygen atoms in total. The maximum atomic E-state index is 12.2. The summed E-state index contributed by atoms with van der Waals surface area (Å²) in [4.78, 5) is 29.1. The summed E-state index contributed by atoms with van der Waals surface area (Å²) in [6.07, 6.45) is 6.08. The summed E-state index contributed by atoms with van der Waals surface area (Å²) in [5, 5.41) is 15.0. The fraction of sp³-hybridized carbons (Fsp3) is 0.579. The van der Waals surface area contributed by atoms with Gasteiger partial charge in [-0.3, -0.25) is 9.59 Å². The Labute approximate surface area is 185 Å². The van der Waals surface area contributed by atoms with Gasteiger partial charge in [-0.25, -0.2) is 13.6 Å². The van der Waals surface area contributed by atoms with Crippen molar-refractivity contribution in [3.8, 4) is 0 Å². The molecule has 0 bridgehead atoms. The van der Waals surface area contributed by atoms with Crippen LogP contribution in [0.15, 0.2) is 20.9 Å². The number of rotatable bonds is 8. The van der Waals surface area contributed by atoms with Crippen LogP contribution in [0.2, 0.25) is 0 Å². The van der Waals surface area contributed by atoms with Crippen molar-refractivity contribution in [1.82, 2.24) is 20.8 Å². The maximum Gasteiger partial charge on any atom is 0.247 e. The molecule has 3 rings (SSSR count). The first-order valence-electron chi connectivity index (χ1n) is 10.2. The number of carbonyl (C=O) groups is 2. The molecular formula is C19H27N5O5S2. The number of thiophene rings is 1. The van der Waals surface area contributed by atoms with E-state index in [1.54, 1.807) is 6.07 Å². The van der Waals surface area contributed by atoms with Crippen LogP contribution < -0.4 is 15.8 Å². The smallest absolute Gasteiger partial charge is 0.247 e. The number of aromatic nitrogens is 2. The predicted molar refractivity (Wildman–Crippen MR) is 113 cm³/mol. The van der Waals surface area contributed by atoms with E-state index in [1.807, 2.05) is 0 Å². The minimum Gasteiger partial charge on any atom is -0.351 e. The molecule has 31 heavy (non-hydrogen) atoms. The highest BCUT2D eigenvalue weighted by Crippen LogP contribution is 2.34. The van der Waals surface area contributed by atoms with E-state index >= 15 is 0 Å². The number of nitrogens with one attached hydrogen (secondary N) is 2. The van der Waals surface area contributed by atoms with E-state index in [4.69, 9.17) is 9.66 Å². The van der Waals surface area contributed by atoms with Gasteiger partial charge in [-0.2, -0.15) is 4.98 Å². The molecule has 1 aliphatic rings. The van der Waals surface area contributed by atoms with Gasteiger partial charge in [0.05, 0.1) is 6.54 Å². The van der Waals surface area contributed by atoms with E-state index in [2.05, 4.69) is 20.8 Å². The zero-order chi connectivity index (χ0) is 22.5. The Balaban J connectivity index is 1.55. The molecule has 2 aromatic heterocycles. The third-order valence-electron chi connectivity index (χ3n) is 5.21. The van der Waals surface area contributed by atoms with Crippen LogP contribution >= 0.6 is 11.3 Å². The number of aryl methyl sites for hydroxylation is 1. The molecule has 0 atom stereocenters.